The number of piperidine rings is 1. The highest BCUT2D eigenvalue weighted by Gasteiger charge is 2.67. The van der Waals surface area contributed by atoms with Gasteiger partial charge in [-0.1, -0.05) is 0 Å². The average Bonchev–Trinajstić information content (AvgIpc) is 2.91. The molecule has 0 aromatic carbocycles. The van der Waals surface area contributed by atoms with Crippen molar-refractivity contribution in [3.05, 3.63) is 0 Å². The highest BCUT2D eigenvalue weighted by molar-refractivity contribution is 7.85. The molecule has 1 aliphatic heterocycles. The van der Waals surface area contributed by atoms with Gasteiger partial charge in [0.1, 0.15) is 6.04 Å². The second kappa shape index (κ2) is 5.43. The van der Waals surface area contributed by atoms with Gasteiger partial charge in [0, 0.05) is 11.5 Å². The summed E-state index contributed by atoms with van der Waals surface area (Å²) in [4.78, 5) is 23.2. The molecule has 2 fully saturated rings. The summed E-state index contributed by atoms with van der Waals surface area (Å²) in [5.41, 5.74) is -0.466. The van der Waals surface area contributed by atoms with E-state index in [9.17, 15) is 18.0 Å². The van der Waals surface area contributed by atoms with E-state index >= 15 is 0 Å². The summed E-state index contributed by atoms with van der Waals surface area (Å²) >= 11 is 0. The van der Waals surface area contributed by atoms with Crippen LogP contribution in [0.3, 0.4) is 0 Å². The molecule has 2 aliphatic rings. The van der Waals surface area contributed by atoms with E-state index in [-0.39, 0.29) is 32.3 Å². The Labute approximate surface area is 121 Å². The number of aliphatic carboxylic acids is 1. The van der Waals surface area contributed by atoms with Gasteiger partial charge in [-0.2, -0.15) is 8.42 Å². The Hall–Kier alpha value is -1.39. The molecule has 0 radical (unpaired) electrons. The second-order valence-corrected chi connectivity index (χ2v) is 7.05. The quantitative estimate of drug-likeness (QED) is 0.477. The molecular weight excluding hydrogens is 306 g/mol. The molecule has 0 aromatic heterocycles. The lowest BCUT2D eigenvalue weighted by atomic mass is 10.0. The second-order valence-electron chi connectivity index (χ2n) is 5.41. The number of carboxylic acids is 1. The van der Waals surface area contributed by atoms with E-state index in [4.69, 9.17) is 14.9 Å². The number of amides is 1. The fourth-order valence-electron chi connectivity index (χ4n) is 2.85. The summed E-state index contributed by atoms with van der Waals surface area (Å²) in [7, 11) is -3.51. The number of rotatable bonds is 7. The van der Waals surface area contributed by atoms with Crippen LogP contribution >= 0.6 is 0 Å². The summed E-state index contributed by atoms with van der Waals surface area (Å²) in [6.07, 6.45) is 0.469. The lowest BCUT2D eigenvalue weighted by Gasteiger charge is -2.20. The largest absolute Gasteiger partial charge is 0.480 e. The molecule has 1 aliphatic carbocycles. The summed E-state index contributed by atoms with van der Waals surface area (Å²) in [5.74, 6) is -1.16. The van der Waals surface area contributed by atoms with Crippen LogP contribution < -0.4 is 0 Å². The molecule has 1 heterocycles. The number of hydrogen-bond donors (Lipinski definition) is 2. The van der Waals surface area contributed by atoms with Crippen molar-refractivity contribution in [1.29, 1.82) is 0 Å². The number of fused-ring (bicyclic) bond motifs is 1. The Morgan fingerprint density at radius 1 is 1.29 bits per heavy atom. The topological polar surface area (TPSA) is 130 Å². The molecule has 2 rings (SSSR count). The smallest absolute Gasteiger partial charge is 0.408 e. The van der Waals surface area contributed by atoms with E-state index in [1.807, 2.05) is 0 Å². The molecule has 10 heteroatoms. The van der Waals surface area contributed by atoms with Gasteiger partial charge in [0.25, 0.3) is 10.1 Å². The molecule has 1 saturated carbocycles. The van der Waals surface area contributed by atoms with Crippen LogP contribution in [0, 0.1) is 5.41 Å². The van der Waals surface area contributed by atoms with Crippen molar-refractivity contribution in [2.24, 2.45) is 5.41 Å². The molecule has 0 spiro atoms. The summed E-state index contributed by atoms with van der Waals surface area (Å²) in [6.45, 7) is 0.120. The predicted molar refractivity (Wildman–Crippen MR) is 68.4 cm³/mol. The monoisotopic (exact) mass is 323 g/mol. The van der Waals surface area contributed by atoms with Crippen molar-refractivity contribution in [1.82, 2.24) is 4.90 Å². The van der Waals surface area contributed by atoms with Gasteiger partial charge in [-0.25, -0.2) is 9.59 Å². The van der Waals surface area contributed by atoms with Gasteiger partial charge < -0.3 is 14.9 Å². The first-order valence-corrected chi connectivity index (χ1v) is 8.14. The minimum atomic E-state index is -3.51. The zero-order valence-electron chi connectivity index (χ0n) is 11.4. The van der Waals surface area contributed by atoms with E-state index in [1.54, 1.807) is 0 Å². The number of nitrogens with zero attached hydrogens (tertiary/aromatic N) is 1. The fourth-order valence-corrected chi connectivity index (χ4v) is 3.22. The molecule has 9 nitrogen and oxygen atoms in total. The summed E-state index contributed by atoms with van der Waals surface area (Å²) in [6, 6.07) is -1.39. The van der Waals surface area contributed by atoms with Crippen molar-refractivity contribution < 1.29 is 37.1 Å². The molecule has 0 aromatic rings. The van der Waals surface area contributed by atoms with Gasteiger partial charge in [0.2, 0.25) is 0 Å². The van der Waals surface area contributed by atoms with Crippen LogP contribution in [0.5, 0.6) is 0 Å². The van der Waals surface area contributed by atoms with Crippen molar-refractivity contribution in [2.75, 3.05) is 26.1 Å². The number of hydrogen-bond acceptors (Lipinski definition) is 6. The van der Waals surface area contributed by atoms with Crippen molar-refractivity contribution in [2.45, 2.75) is 24.9 Å². The zero-order chi connectivity index (χ0) is 15.8. The van der Waals surface area contributed by atoms with E-state index in [0.717, 1.165) is 11.2 Å². The van der Waals surface area contributed by atoms with E-state index in [2.05, 4.69) is 4.18 Å². The Bertz CT molecular complexity index is 546. The first-order chi connectivity index (χ1) is 9.66. The van der Waals surface area contributed by atoms with E-state index < -0.39 is 33.6 Å². The Kier molecular flexibility index (Phi) is 4.13. The molecular formula is C11H17NO8S. The first-order valence-electron chi connectivity index (χ1n) is 6.32. The van der Waals surface area contributed by atoms with Crippen LogP contribution in [-0.2, 0) is 23.8 Å². The molecule has 2 N–H and O–H groups in total. The molecule has 120 valence electrons. The van der Waals surface area contributed by atoms with Crippen LogP contribution in [0.1, 0.15) is 12.8 Å². The standard InChI is InChI=1S/C11H17NO8S/c1-21(17,18)20-3-2-19-6-11-4-7(9(13)14)12(10(15)16)8(11)5-11/h7-8H,2-6H2,1H3,(H,13,14)(H,15,16)/t7-,8-,11+/m0/s1. The maximum Gasteiger partial charge on any atom is 0.408 e. The number of carbonyl (C=O) groups is 2. The molecule has 21 heavy (non-hydrogen) atoms. The lowest BCUT2D eigenvalue weighted by Crippen LogP contribution is -2.42. The highest BCUT2D eigenvalue weighted by atomic mass is 32.2. The molecule has 1 amide bonds. The number of ether oxygens (including phenoxy) is 1. The number of likely N-dealkylation sites (tertiary alicyclic amines) is 1. The van der Waals surface area contributed by atoms with Crippen molar-refractivity contribution >= 4 is 22.2 Å². The van der Waals surface area contributed by atoms with Crippen molar-refractivity contribution in [3.63, 3.8) is 0 Å². The molecule has 3 atom stereocenters. The van der Waals surface area contributed by atoms with E-state index in [0.29, 0.717) is 6.42 Å². The number of carboxylic acid groups (broad SMARTS) is 2. The van der Waals surface area contributed by atoms with Gasteiger partial charge in [0.15, 0.2) is 0 Å². The summed E-state index contributed by atoms with van der Waals surface area (Å²) in [5, 5.41) is 18.1. The van der Waals surface area contributed by atoms with Crippen molar-refractivity contribution in [3.8, 4) is 0 Å². The van der Waals surface area contributed by atoms with Crippen LogP contribution in [-0.4, -0.2) is 73.8 Å². The maximum absolute atomic E-state index is 11.1. The van der Waals surface area contributed by atoms with Gasteiger partial charge in [-0.05, 0) is 12.8 Å². The fraction of sp³-hybridized carbons (Fsp3) is 0.818. The Morgan fingerprint density at radius 2 is 1.95 bits per heavy atom. The van der Waals surface area contributed by atoms with Crippen LogP contribution in [0.25, 0.3) is 0 Å². The normalized spacial score (nSPS) is 31.0. The van der Waals surface area contributed by atoms with Gasteiger partial charge in [-0.3, -0.25) is 9.08 Å². The third-order valence-corrected chi connectivity index (χ3v) is 4.43. The third-order valence-electron chi connectivity index (χ3n) is 3.84. The summed E-state index contributed by atoms with van der Waals surface area (Å²) < 4.78 is 31.3. The van der Waals surface area contributed by atoms with E-state index in [1.165, 1.54) is 0 Å². The minimum absolute atomic E-state index is 0.0480. The van der Waals surface area contributed by atoms with Crippen LogP contribution in [0.4, 0.5) is 4.79 Å². The molecule has 0 bridgehead atoms. The SMILES string of the molecule is CS(=O)(=O)OCCOC[C@@]12C[C@@H]1N(C(=O)O)[C@H](C(=O)O)C2. The Morgan fingerprint density at radius 3 is 2.43 bits per heavy atom. The molecule has 1 saturated heterocycles. The predicted octanol–water partition coefficient (Wildman–Crippen LogP) is -0.425. The maximum atomic E-state index is 11.1. The molecule has 0 unspecified atom stereocenters. The zero-order valence-corrected chi connectivity index (χ0v) is 12.2. The Balaban J connectivity index is 1.83. The van der Waals surface area contributed by atoms with Gasteiger partial charge in [-0.15, -0.1) is 0 Å². The van der Waals surface area contributed by atoms with Crippen LogP contribution in [0.15, 0.2) is 0 Å². The van der Waals surface area contributed by atoms with Gasteiger partial charge in [0.05, 0.1) is 26.1 Å². The third kappa shape index (κ3) is 3.44. The van der Waals surface area contributed by atoms with Gasteiger partial charge >= 0.3 is 12.1 Å². The highest BCUT2D eigenvalue weighted by Crippen LogP contribution is 2.59. The van der Waals surface area contributed by atoms with Crippen LogP contribution in [0.2, 0.25) is 0 Å². The lowest BCUT2D eigenvalue weighted by molar-refractivity contribution is -0.142. The first kappa shape index (κ1) is 16.0. The average molecular weight is 323 g/mol. The minimum Gasteiger partial charge on any atom is -0.480 e.